The van der Waals surface area contributed by atoms with Gasteiger partial charge in [0, 0.05) is 24.4 Å². The van der Waals surface area contributed by atoms with Crippen molar-refractivity contribution in [2.75, 3.05) is 6.54 Å². The number of carbonyl (C=O) groups is 2. The Hall–Kier alpha value is -3.76. The molecule has 4 N–H and O–H groups in total. The zero-order chi connectivity index (χ0) is 25.7. The molecule has 1 aliphatic rings. The predicted octanol–water partition coefficient (Wildman–Crippen LogP) is 1.88. The van der Waals surface area contributed by atoms with Crippen LogP contribution in [0.1, 0.15) is 36.3 Å². The van der Waals surface area contributed by atoms with Gasteiger partial charge in [-0.1, -0.05) is 73.6 Å². The summed E-state index contributed by atoms with van der Waals surface area (Å²) in [4.78, 5) is 36.3. The van der Waals surface area contributed by atoms with Crippen LogP contribution in [0.4, 0.5) is 0 Å². The van der Waals surface area contributed by atoms with Crippen molar-refractivity contribution in [1.29, 1.82) is 0 Å². The molecule has 3 aromatic rings. The summed E-state index contributed by atoms with van der Waals surface area (Å²) in [6.07, 6.45) is 1.94. The minimum atomic E-state index is -1.72. The summed E-state index contributed by atoms with van der Waals surface area (Å²) < 4.78 is 0. The Morgan fingerprint density at radius 3 is 2.53 bits per heavy atom. The first-order chi connectivity index (χ1) is 17.3. The van der Waals surface area contributed by atoms with Crippen molar-refractivity contribution in [3.63, 3.8) is 0 Å². The van der Waals surface area contributed by atoms with Gasteiger partial charge in [0.25, 0.3) is 11.8 Å². The number of hydrogen-bond donors (Lipinski definition) is 4. The smallest absolute Gasteiger partial charge is 0.426 e. The third-order valence-electron chi connectivity index (χ3n) is 6.26. The molecule has 2 aromatic carbocycles. The van der Waals surface area contributed by atoms with E-state index in [4.69, 9.17) is 4.84 Å². The first kappa shape index (κ1) is 25.3. The molecule has 186 valence electrons. The van der Waals surface area contributed by atoms with Crippen LogP contribution in [0.3, 0.4) is 0 Å². The number of aromatic nitrogens is 1. The highest BCUT2D eigenvalue weighted by Crippen LogP contribution is 2.29. The van der Waals surface area contributed by atoms with Crippen molar-refractivity contribution >= 4 is 35.4 Å². The number of fused-ring (bicyclic) bond motifs is 1. The van der Waals surface area contributed by atoms with Gasteiger partial charge in [-0.2, -0.15) is 0 Å². The first-order valence-corrected chi connectivity index (χ1v) is 11.9. The standard InChI is InChI=1S/C26H29BN4O5/c1-17(2)23(27(34)35)30-25(33)26(14-18-8-4-3-5-9-18)15-20(31-36-26)16-29-24(32)22-21-11-7-6-10-19(21)12-13-28-22/h3-13,17,23,34-35H,14-16H2,1-2H3,(H,29,32)(H,30,33)/t23-,26?/m0/s1. The third-order valence-corrected chi connectivity index (χ3v) is 6.26. The highest BCUT2D eigenvalue weighted by molar-refractivity contribution is 6.43. The van der Waals surface area contributed by atoms with Gasteiger partial charge >= 0.3 is 7.12 Å². The summed E-state index contributed by atoms with van der Waals surface area (Å²) in [6, 6.07) is 18.7. The summed E-state index contributed by atoms with van der Waals surface area (Å²) >= 11 is 0. The van der Waals surface area contributed by atoms with Crippen LogP contribution < -0.4 is 10.6 Å². The lowest BCUT2D eigenvalue weighted by Gasteiger charge is -2.29. The SMILES string of the molecule is CC(C)[C@H](NC(=O)C1(Cc2ccccc2)CC(CNC(=O)c2nccc3ccccc23)=NO1)B(O)O. The van der Waals surface area contributed by atoms with E-state index in [0.29, 0.717) is 11.4 Å². The van der Waals surface area contributed by atoms with Gasteiger partial charge in [0.15, 0.2) is 0 Å². The predicted molar refractivity (Wildman–Crippen MR) is 137 cm³/mol. The molecule has 0 aliphatic carbocycles. The average molecular weight is 488 g/mol. The number of rotatable bonds is 9. The van der Waals surface area contributed by atoms with Gasteiger partial charge in [-0.3, -0.25) is 14.6 Å². The number of benzene rings is 2. The quantitative estimate of drug-likeness (QED) is 0.340. The fourth-order valence-corrected chi connectivity index (χ4v) is 4.30. The topological polar surface area (TPSA) is 133 Å². The Bertz CT molecular complexity index is 1250. The highest BCUT2D eigenvalue weighted by Gasteiger charge is 2.48. The molecule has 0 bridgehead atoms. The molecule has 0 fully saturated rings. The fourth-order valence-electron chi connectivity index (χ4n) is 4.30. The van der Waals surface area contributed by atoms with Crippen LogP contribution >= 0.6 is 0 Å². The third kappa shape index (κ3) is 5.55. The molecule has 0 saturated heterocycles. The Labute approximate surface area is 209 Å². The van der Waals surface area contributed by atoms with Crippen LogP contribution in [0, 0.1) is 5.92 Å². The average Bonchev–Trinajstić information content (AvgIpc) is 3.29. The van der Waals surface area contributed by atoms with Crippen molar-refractivity contribution < 1.29 is 24.5 Å². The van der Waals surface area contributed by atoms with Crippen LogP contribution in [0.25, 0.3) is 10.8 Å². The summed E-state index contributed by atoms with van der Waals surface area (Å²) in [5, 5.41) is 30.8. The molecule has 36 heavy (non-hydrogen) atoms. The number of nitrogens with zero attached hydrogens (tertiary/aromatic N) is 2. The molecule has 1 aromatic heterocycles. The normalized spacial score (nSPS) is 17.9. The van der Waals surface area contributed by atoms with Crippen molar-refractivity contribution in [3.8, 4) is 0 Å². The molecule has 2 heterocycles. The number of hydrogen-bond acceptors (Lipinski definition) is 7. The molecular weight excluding hydrogens is 459 g/mol. The first-order valence-electron chi connectivity index (χ1n) is 11.9. The lowest BCUT2D eigenvalue weighted by molar-refractivity contribution is -0.144. The second-order valence-electron chi connectivity index (χ2n) is 9.30. The molecule has 0 radical (unpaired) electrons. The molecule has 1 unspecified atom stereocenters. The number of oxime groups is 1. The van der Waals surface area contributed by atoms with E-state index in [2.05, 4.69) is 20.8 Å². The largest absolute Gasteiger partial charge is 0.475 e. The molecule has 1 aliphatic heterocycles. The monoisotopic (exact) mass is 488 g/mol. The molecule has 0 spiro atoms. The number of nitrogens with one attached hydrogen (secondary N) is 2. The van der Waals surface area contributed by atoms with Crippen LogP contribution in [0.2, 0.25) is 0 Å². The molecule has 4 rings (SSSR count). The van der Waals surface area contributed by atoms with E-state index in [1.165, 1.54) is 0 Å². The molecule has 2 amide bonds. The minimum absolute atomic E-state index is 0.0732. The van der Waals surface area contributed by atoms with E-state index in [1.807, 2.05) is 60.7 Å². The Morgan fingerprint density at radius 2 is 1.81 bits per heavy atom. The number of amides is 2. The van der Waals surface area contributed by atoms with E-state index in [9.17, 15) is 19.6 Å². The van der Waals surface area contributed by atoms with Crippen LogP contribution in [0.15, 0.2) is 72.0 Å². The second kappa shape index (κ2) is 10.9. The molecule has 0 saturated carbocycles. The fraction of sp³-hybridized carbons (Fsp3) is 0.308. The van der Waals surface area contributed by atoms with Crippen LogP contribution in [-0.4, -0.2) is 57.8 Å². The zero-order valence-electron chi connectivity index (χ0n) is 20.2. The second-order valence-corrected chi connectivity index (χ2v) is 9.30. The maximum Gasteiger partial charge on any atom is 0.475 e. The molecule has 10 heteroatoms. The van der Waals surface area contributed by atoms with Crippen molar-refractivity contribution in [2.45, 2.75) is 38.2 Å². The van der Waals surface area contributed by atoms with Gasteiger partial charge in [-0.15, -0.1) is 0 Å². The van der Waals surface area contributed by atoms with E-state index in [1.54, 1.807) is 20.0 Å². The van der Waals surface area contributed by atoms with E-state index >= 15 is 0 Å². The highest BCUT2D eigenvalue weighted by atomic mass is 16.7. The maximum absolute atomic E-state index is 13.4. The van der Waals surface area contributed by atoms with Gasteiger partial charge in [0.05, 0.1) is 18.2 Å². The number of carbonyl (C=O) groups excluding carboxylic acids is 2. The van der Waals surface area contributed by atoms with E-state index in [-0.39, 0.29) is 31.2 Å². The summed E-state index contributed by atoms with van der Waals surface area (Å²) in [5.74, 6) is -1.96. The van der Waals surface area contributed by atoms with Gasteiger partial charge < -0.3 is 25.5 Å². The molecule has 2 atom stereocenters. The molecular formula is C26H29BN4O5. The van der Waals surface area contributed by atoms with Gasteiger partial charge in [-0.05, 0) is 22.9 Å². The van der Waals surface area contributed by atoms with Crippen LogP contribution in [0.5, 0.6) is 0 Å². The number of pyridine rings is 1. The van der Waals surface area contributed by atoms with Gasteiger partial charge in [-0.25, -0.2) is 0 Å². The molecule has 9 nitrogen and oxygen atoms in total. The van der Waals surface area contributed by atoms with Crippen molar-refractivity contribution in [2.24, 2.45) is 11.1 Å². The zero-order valence-corrected chi connectivity index (χ0v) is 20.2. The van der Waals surface area contributed by atoms with E-state index < -0.39 is 24.6 Å². The van der Waals surface area contributed by atoms with Crippen LogP contribution in [-0.2, 0) is 16.1 Å². The minimum Gasteiger partial charge on any atom is -0.426 e. The van der Waals surface area contributed by atoms with Gasteiger partial charge in [0.1, 0.15) is 5.69 Å². The summed E-state index contributed by atoms with van der Waals surface area (Å²) in [6.45, 7) is 3.63. The lowest BCUT2D eigenvalue weighted by Crippen LogP contribution is -2.57. The van der Waals surface area contributed by atoms with Gasteiger partial charge in [0.2, 0.25) is 5.60 Å². The van der Waals surface area contributed by atoms with Crippen molar-refractivity contribution in [3.05, 3.63) is 78.1 Å². The van der Waals surface area contributed by atoms with Crippen molar-refractivity contribution in [1.82, 2.24) is 15.6 Å². The van der Waals surface area contributed by atoms with E-state index in [0.717, 1.165) is 16.3 Å². The maximum atomic E-state index is 13.4. The summed E-state index contributed by atoms with van der Waals surface area (Å²) in [7, 11) is -1.72. The lowest BCUT2D eigenvalue weighted by atomic mass is 9.72. The summed E-state index contributed by atoms with van der Waals surface area (Å²) in [5.41, 5.74) is 0.262. The Balaban J connectivity index is 1.49. The Kier molecular flexibility index (Phi) is 7.66. The Morgan fingerprint density at radius 1 is 1.08 bits per heavy atom.